The fourth-order valence-corrected chi connectivity index (χ4v) is 1.51. The van der Waals surface area contributed by atoms with Crippen LogP contribution in [-0.2, 0) is 18.9 Å². The van der Waals surface area contributed by atoms with Crippen LogP contribution in [0.1, 0.15) is 54.4 Å². The summed E-state index contributed by atoms with van der Waals surface area (Å²) in [6.45, 7) is 10.6. The maximum Gasteiger partial charge on any atom is 0.508 e. The smallest absolute Gasteiger partial charge is 0.432 e. The van der Waals surface area contributed by atoms with Crippen LogP contribution in [0.5, 0.6) is 0 Å². The van der Waals surface area contributed by atoms with Crippen LogP contribution in [-0.4, -0.2) is 36.7 Å². The van der Waals surface area contributed by atoms with Gasteiger partial charge in [0, 0.05) is 0 Å². The summed E-state index contributed by atoms with van der Waals surface area (Å²) in [6, 6.07) is 0. The normalized spacial score (nSPS) is 12.8. The third-order valence-corrected chi connectivity index (χ3v) is 2.28. The molecular formula is C14H26O6. The highest BCUT2D eigenvalue weighted by atomic mass is 16.8. The van der Waals surface area contributed by atoms with Gasteiger partial charge >= 0.3 is 12.3 Å². The number of carbonyl (C=O) groups excluding carboxylic acids is 2. The summed E-state index contributed by atoms with van der Waals surface area (Å²) in [5, 5.41) is 0. The van der Waals surface area contributed by atoms with Gasteiger partial charge in [-0.25, -0.2) is 9.59 Å². The molecular weight excluding hydrogens is 264 g/mol. The Bertz CT molecular complexity index is 311. The molecule has 20 heavy (non-hydrogen) atoms. The van der Waals surface area contributed by atoms with Gasteiger partial charge in [0.15, 0.2) is 0 Å². The second-order valence-electron chi connectivity index (χ2n) is 5.52. The fraction of sp³-hybridized carbons (Fsp3) is 0.857. The third kappa shape index (κ3) is 9.47. The number of hydrogen-bond donors (Lipinski definition) is 0. The van der Waals surface area contributed by atoms with Crippen LogP contribution in [0.25, 0.3) is 0 Å². The highest BCUT2D eigenvalue weighted by Crippen LogP contribution is 2.17. The molecule has 0 N–H and O–H groups in total. The van der Waals surface area contributed by atoms with Crippen LogP contribution in [0.2, 0.25) is 0 Å². The Hall–Kier alpha value is -1.46. The largest absolute Gasteiger partial charge is 0.508 e. The van der Waals surface area contributed by atoms with Gasteiger partial charge in [-0.1, -0.05) is 13.3 Å². The number of carbonyl (C=O) groups is 2. The van der Waals surface area contributed by atoms with Crippen LogP contribution in [0.3, 0.4) is 0 Å². The van der Waals surface area contributed by atoms with E-state index in [4.69, 9.17) is 18.9 Å². The summed E-state index contributed by atoms with van der Waals surface area (Å²) < 4.78 is 19.8. The molecule has 1 atom stereocenters. The molecule has 0 saturated heterocycles. The Kier molecular flexibility index (Phi) is 8.03. The van der Waals surface area contributed by atoms with Gasteiger partial charge in [0.2, 0.25) is 0 Å². The van der Waals surface area contributed by atoms with E-state index in [-0.39, 0.29) is 12.7 Å². The molecule has 6 nitrogen and oxygen atoms in total. The lowest BCUT2D eigenvalue weighted by Crippen LogP contribution is -2.30. The molecule has 0 spiro atoms. The first-order chi connectivity index (χ1) is 9.16. The Balaban J connectivity index is 3.97. The summed E-state index contributed by atoms with van der Waals surface area (Å²) in [5.41, 5.74) is -0.563. The average molecular weight is 290 g/mol. The molecule has 0 aromatic heterocycles. The molecule has 0 amide bonds. The van der Waals surface area contributed by atoms with Crippen LogP contribution in [0.4, 0.5) is 9.59 Å². The van der Waals surface area contributed by atoms with Crippen molar-refractivity contribution < 1.29 is 28.5 Å². The predicted molar refractivity (Wildman–Crippen MR) is 73.6 cm³/mol. The first-order valence-electron chi connectivity index (χ1n) is 6.89. The Labute approximate surface area is 120 Å². The lowest BCUT2D eigenvalue weighted by molar-refractivity contribution is -0.0456. The Morgan fingerprint density at radius 2 is 1.65 bits per heavy atom. The summed E-state index contributed by atoms with van der Waals surface area (Å²) in [6.07, 6.45) is -0.749. The minimum Gasteiger partial charge on any atom is -0.432 e. The van der Waals surface area contributed by atoms with Gasteiger partial charge in [-0.15, -0.1) is 0 Å². The fourth-order valence-electron chi connectivity index (χ4n) is 1.51. The van der Waals surface area contributed by atoms with E-state index in [1.807, 2.05) is 20.8 Å². The molecule has 0 saturated carbocycles. The summed E-state index contributed by atoms with van der Waals surface area (Å²) in [5.74, 6) is 0. The molecule has 118 valence electrons. The first-order valence-corrected chi connectivity index (χ1v) is 6.89. The molecule has 0 fully saturated rings. The van der Waals surface area contributed by atoms with E-state index in [9.17, 15) is 9.59 Å². The molecule has 0 aliphatic carbocycles. The molecule has 0 aromatic rings. The average Bonchev–Trinajstić information content (AvgIpc) is 2.24. The molecule has 0 aliphatic rings. The van der Waals surface area contributed by atoms with Crippen molar-refractivity contribution >= 4 is 12.3 Å². The summed E-state index contributed by atoms with van der Waals surface area (Å²) in [4.78, 5) is 22.7. The minimum absolute atomic E-state index is 0.0752. The molecule has 0 heterocycles. The van der Waals surface area contributed by atoms with E-state index in [0.717, 1.165) is 12.8 Å². The number of rotatable bonds is 7. The topological polar surface area (TPSA) is 71.1 Å². The van der Waals surface area contributed by atoms with Gasteiger partial charge in [0.1, 0.15) is 18.3 Å². The van der Waals surface area contributed by atoms with Gasteiger partial charge in [-0.05, 0) is 41.0 Å². The van der Waals surface area contributed by atoms with Gasteiger partial charge < -0.3 is 18.9 Å². The highest BCUT2D eigenvalue weighted by Gasteiger charge is 2.23. The third-order valence-electron chi connectivity index (χ3n) is 2.28. The van der Waals surface area contributed by atoms with E-state index in [2.05, 4.69) is 0 Å². The van der Waals surface area contributed by atoms with Gasteiger partial charge in [-0.2, -0.15) is 0 Å². The van der Waals surface area contributed by atoms with E-state index in [1.165, 1.54) is 0 Å². The van der Waals surface area contributed by atoms with Crippen molar-refractivity contribution in [2.24, 2.45) is 0 Å². The molecule has 6 heteroatoms. The predicted octanol–water partition coefficient (Wildman–Crippen LogP) is 3.67. The van der Waals surface area contributed by atoms with E-state index >= 15 is 0 Å². The summed E-state index contributed by atoms with van der Waals surface area (Å²) in [7, 11) is 0. The van der Waals surface area contributed by atoms with Crippen LogP contribution in [0, 0.1) is 0 Å². The van der Waals surface area contributed by atoms with Crippen molar-refractivity contribution in [1.29, 1.82) is 0 Å². The second kappa shape index (κ2) is 8.66. The van der Waals surface area contributed by atoms with Crippen molar-refractivity contribution in [3.63, 3.8) is 0 Å². The molecule has 1 unspecified atom stereocenters. The SMILES string of the molecule is CCCC(C)(C)OC(=O)OCC(C)OC(=O)OC(C)C. The van der Waals surface area contributed by atoms with Gasteiger partial charge in [-0.3, -0.25) is 0 Å². The zero-order valence-corrected chi connectivity index (χ0v) is 13.2. The van der Waals surface area contributed by atoms with Crippen molar-refractivity contribution in [3.05, 3.63) is 0 Å². The monoisotopic (exact) mass is 290 g/mol. The van der Waals surface area contributed by atoms with E-state index < -0.39 is 24.0 Å². The van der Waals surface area contributed by atoms with Crippen molar-refractivity contribution in [2.45, 2.75) is 72.2 Å². The maximum atomic E-state index is 11.5. The van der Waals surface area contributed by atoms with E-state index in [1.54, 1.807) is 20.8 Å². The standard InChI is InChI=1S/C14H26O6/c1-7-8-14(5,6)20-12(15)17-9-11(4)19-13(16)18-10(2)3/h10-11H,7-9H2,1-6H3. The molecule has 0 aromatic carbocycles. The molecule has 0 radical (unpaired) electrons. The van der Waals surface area contributed by atoms with Crippen molar-refractivity contribution in [3.8, 4) is 0 Å². The lowest BCUT2D eigenvalue weighted by Gasteiger charge is -2.24. The quantitative estimate of drug-likeness (QED) is 0.666. The Morgan fingerprint density at radius 3 is 2.15 bits per heavy atom. The highest BCUT2D eigenvalue weighted by molar-refractivity contribution is 5.61. The van der Waals surface area contributed by atoms with Gasteiger partial charge in [0.05, 0.1) is 6.10 Å². The van der Waals surface area contributed by atoms with Crippen molar-refractivity contribution in [2.75, 3.05) is 6.61 Å². The second-order valence-corrected chi connectivity index (χ2v) is 5.52. The zero-order chi connectivity index (χ0) is 15.8. The maximum absolute atomic E-state index is 11.5. The van der Waals surface area contributed by atoms with Crippen LogP contribution < -0.4 is 0 Å². The van der Waals surface area contributed by atoms with Crippen molar-refractivity contribution in [1.82, 2.24) is 0 Å². The molecule has 0 rings (SSSR count). The van der Waals surface area contributed by atoms with Crippen LogP contribution >= 0.6 is 0 Å². The van der Waals surface area contributed by atoms with Crippen LogP contribution in [0.15, 0.2) is 0 Å². The zero-order valence-electron chi connectivity index (χ0n) is 13.2. The lowest BCUT2D eigenvalue weighted by atomic mass is 10.0. The summed E-state index contributed by atoms with van der Waals surface area (Å²) >= 11 is 0. The van der Waals surface area contributed by atoms with Gasteiger partial charge in [0.25, 0.3) is 0 Å². The Morgan fingerprint density at radius 1 is 1.05 bits per heavy atom. The first kappa shape index (κ1) is 18.5. The number of hydrogen-bond acceptors (Lipinski definition) is 6. The number of ether oxygens (including phenoxy) is 4. The van der Waals surface area contributed by atoms with E-state index in [0.29, 0.717) is 0 Å². The molecule has 0 bridgehead atoms. The minimum atomic E-state index is -0.782. The molecule has 0 aliphatic heterocycles.